The Hall–Kier alpha value is -0.360. The molecule has 4 aliphatic carbocycles. The minimum absolute atomic E-state index is 0.227. The van der Waals surface area contributed by atoms with Crippen LogP contribution in [0.4, 0.5) is 0 Å². The largest absolute Gasteiger partial charge is 0.327 e. The third-order valence-corrected chi connectivity index (χ3v) is 20.6. The van der Waals surface area contributed by atoms with Crippen LogP contribution in [0.5, 0.6) is 0 Å². The molecular weight excluding hydrogens is 799 g/mol. The van der Waals surface area contributed by atoms with Gasteiger partial charge < -0.3 is 5.73 Å². The summed E-state index contributed by atoms with van der Waals surface area (Å²) in [7, 11) is 0. The van der Waals surface area contributed by atoms with Gasteiger partial charge in [0.25, 0.3) is 0 Å². The maximum Gasteiger partial charge on any atom is 0.0643 e. The molecule has 4 saturated carbocycles. The molecule has 5 aliphatic heterocycles. The Morgan fingerprint density at radius 3 is 0.954 bits per heavy atom. The molecule has 8 bridgehead atoms. The van der Waals surface area contributed by atoms with Crippen molar-refractivity contribution in [3.05, 3.63) is 0 Å². The van der Waals surface area contributed by atoms with Crippen molar-refractivity contribution in [3.8, 4) is 0 Å². The Labute approximate surface area is 399 Å². The van der Waals surface area contributed by atoms with Gasteiger partial charge in [0.1, 0.15) is 0 Å². The van der Waals surface area contributed by atoms with Gasteiger partial charge in [0.15, 0.2) is 0 Å². The Morgan fingerprint density at radius 2 is 0.585 bits per heavy atom. The van der Waals surface area contributed by atoms with E-state index in [1.54, 1.807) is 0 Å². The quantitative estimate of drug-likeness (QED) is 0.0550. The second kappa shape index (κ2) is 24.2. The molecule has 65 heavy (non-hydrogen) atoms. The first-order valence-corrected chi connectivity index (χ1v) is 29.9. The molecule has 9 rings (SSSR count). The van der Waals surface area contributed by atoms with E-state index < -0.39 is 0 Å². The topological polar surface area (TPSA) is 122 Å². The highest BCUT2D eigenvalue weighted by molar-refractivity contribution is 5.13. The molecule has 9 nitrogen and oxygen atoms in total. The summed E-state index contributed by atoms with van der Waals surface area (Å²) in [5, 5.41) is 35.8. The molecule has 9 heteroatoms. The van der Waals surface area contributed by atoms with Crippen molar-refractivity contribution in [1.29, 1.82) is 0 Å². The van der Waals surface area contributed by atoms with Crippen LogP contribution in [-0.4, -0.2) is 55.4 Å². The van der Waals surface area contributed by atoms with Gasteiger partial charge in [-0.2, -0.15) is 0 Å². The molecule has 0 amide bonds. The van der Waals surface area contributed by atoms with Crippen LogP contribution in [0.15, 0.2) is 0 Å². The first-order chi connectivity index (χ1) is 32.0. The summed E-state index contributed by atoms with van der Waals surface area (Å²) in [6.45, 7) is 9.63. The standard InChI is InChI=1S/C56H105N9/c1-5-9-13-17-26-36-37(27-18-14-10-6-2)39(29-20-16-12-8-4)48-47(38(36)28-19-15-11-7-3)55-62-52-43-33-24-23-32-42(43)50(60-52)58-49-40-30-21-22-31-41(40)51(59-49)61-53-44-34-25-35-45(57)46(44)54(63-53)64-56(48)65-55/h36-56,58-65H,5-35,57H2,1-4H3. The third-order valence-electron chi connectivity index (χ3n) is 20.6. The monoisotopic (exact) mass is 904 g/mol. The van der Waals surface area contributed by atoms with E-state index in [1.165, 1.54) is 193 Å². The maximum absolute atomic E-state index is 7.36. The normalized spacial score (nSPS) is 45.8. The lowest BCUT2D eigenvalue weighted by Crippen LogP contribution is -2.62. The molecule has 0 aromatic heterocycles. The van der Waals surface area contributed by atoms with E-state index in [1.807, 2.05) is 0 Å². The van der Waals surface area contributed by atoms with Gasteiger partial charge in [0.05, 0.1) is 49.3 Å². The highest BCUT2D eigenvalue weighted by Crippen LogP contribution is 2.57. The van der Waals surface area contributed by atoms with Crippen molar-refractivity contribution in [2.24, 2.45) is 76.7 Å². The first-order valence-electron chi connectivity index (χ1n) is 29.9. The van der Waals surface area contributed by atoms with Gasteiger partial charge in [-0.15, -0.1) is 0 Å². The molecule has 5 saturated heterocycles. The summed E-state index contributed by atoms with van der Waals surface area (Å²) in [6.07, 6.45) is 45.2. The molecule has 0 radical (unpaired) electrons. The van der Waals surface area contributed by atoms with E-state index in [4.69, 9.17) is 5.73 Å². The van der Waals surface area contributed by atoms with Crippen LogP contribution in [0, 0.1) is 71.0 Å². The van der Waals surface area contributed by atoms with E-state index in [2.05, 4.69) is 70.2 Å². The lowest BCUT2D eigenvalue weighted by Gasteiger charge is -2.53. The Kier molecular flexibility index (Phi) is 18.5. The molecule has 0 spiro atoms. The molecule has 9 aliphatic rings. The molecule has 374 valence electrons. The van der Waals surface area contributed by atoms with Crippen molar-refractivity contribution < 1.29 is 0 Å². The number of rotatable bonds is 20. The first kappa shape index (κ1) is 49.6. The fourth-order valence-electron chi connectivity index (χ4n) is 17.7. The number of nitrogens with one attached hydrogen (secondary N) is 8. The van der Waals surface area contributed by atoms with Crippen LogP contribution in [0.1, 0.15) is 227 Å². The van der Waals surface area contributed by atoms with Gasteiger partial charge in [-0.3, -0.25) is 42.5 Å². The van der Waals surface area contributed by atoms with Gasteiger partial charge in [0, 0.05) is 12.0 Å². The molecule has 9 fully saturated rings. The Morgan fingerprint density at radius 1 is 0.292 bits per heavy atom. The van der Waals surface area contributed by atoms with Gasteiger partial charge in [-0.1, -0.05) is 163 Å². The molecule has 10 N–H and O–H groups in total. The number of hydrogen-bond acceptors (Lipinski definition) is 9. The van der Waals surface area contributed by atoms with Crippen LogP contribution in [0.2, 0.25) is 0 Å². The van der Waals surface area contributed by atoms with E-state index in [9.17, 15) is 0 Å². The summed E-state index contributed by atoms with van der Waals surface area (Å²) in [6, 6.07) is 0.247. The summed E-state index contributed by atoms with van der Waals surface area (Å²) in [5.41, 5.74) is 7.36. The van der Waals surface area contributed by atoms with Crippen LogP contribution in [-0.2, 0) is 0 Å². The van der Waals surface area contributed by atoms with Crippen molar-refractivity contribution in [3.63, 3.8) is 0 Å². The lowest BCUT2D eigenvalue weighted by atomic mass is 9.53. The second-order valence-corrected chi connectivity index (χ2v) is 24.4. The van der Waals surface area contributed by atoms with Crippen molar-refractivity contribution in [1.82, 2.24) is 42.5 Å². The fourth-order valence-corrected chi connectivity index (χ4v) is 17.7. The molecule has 21 atom stereocenters. The highest BCUT2D eigenvalue weighted by Gasteiger charge is 2.60. The van der Waals surface area contributed by atoms with Crippen molar-refractivity contribution in [2.75, 3.05) is 0 Å². The highest BCUT2D eigenvalue weighted by atomic mass is 15.4. The number of nitrogens with two attached hydrogens (primary N) is 1. The zero-order valence-electron chi connectivity index (χ0n) is 42.6. The molecule has 0 aromatic rings. The maximum atomic E-state index is 7.36. The van der Waals surface area contributed by atoms with Crippen LogP contribution >= 0.6 is 0 Å². The van der Waals surface area contributed by atoms with E-state index in [-0.39, 0.29) is 12.2 Å². The van der Waals surface area contributed by atoms with Crippen molar-refractivity contribution >= 4 is 0 Å². The smallest absolute Gasteiger partial charge is 0.0643 e. The van der Waals surface area contributed by atoms with Crippen LogP contribution in [0.3, 0.4) is 0 Å². The number of unbranched alkanes of at least 4 members (excludes halogenated alkanes) is 12. The fraction of sp³-hybridized carbons (Fsp3) is 1.00. The van der Waals surface area contributed by atoms with Gasteiger partial charge in [-0.25, -0.2) is 0 Å². The zero-order chi connectivity index (χ0) is 44.7. The number of hydrogen-bond donors (Lipinski definition) is 9. The summed E-state index contributed by atoms with van der Waals surface area (Å²) in [4.78, 5) is 0. The van der Waals surface area contributed by atoms with Gasteiger partial charge in [-0.05, 0) is 129 Å². The minimum atomic E-state index is 0.227. The second-order valence-electron chi connectivity index (χ2n) is 24.4. The summed E-state index contributed by atoms with van der Waals surface area (Å²) in [5.74, 6) is 8.29. The third kappa shape index (κ3) is 11.1. The molecular formula is C56H105N9. The Balaban J connectivity index is 1.11. The predicted octanol–water partition coefficient (Wildman–Crippen LogP) is 10.3. The molecule has 5 heterocycles. The summed E-state index contributed by atoms with van der Waals surface area (Å²) < 4.78 is 0. The van der Waals surface area contributed by atoms with Gasteiger partial charge in [0.2, 0.25) is 0 Å². The van der Waals surface area contributed by atoms with E-state index >= 15 is 0 Å². The SMILES string of the molecule is CCCCCCC1C(CCCCCC)C(CCCCCC)C2C3NC4NC(NC5NC(NC6NC(NC(N3)C2C1CCCCCC)C1CCCCC61)C1CCCCC51)C1CCCC(N)C41. The van der Waals surface area contributed by atoms with E-state index in [0.29, 0.717) is 90.5 Å². The zero-order valence-corrected chi connectivity index (χ0v) is 42.6. The van der Waals surface area contributed by atoms with Crippen LogP contribution < -0.4 is 48.3 Å². The van der Waals surface area contributed by atoms with Crippen LogP contribution in [0.25, 0.3) is 0 Å². The molecule has 0 aromatic carbocycles. The predicted molar refractivity (Wildman–Crippen MR) is 271 cm³/mol. The molecule has 21 unspecified atom stereocenters. The lowest BCUT2D eigenvalue weighted by molar-refractivity contribution is -0.0436. The average molecular weight is 905 g/mol. The van der Waals surface area contributed by atoms with E-state index in [0.717, 1.165) is 30.1 Å². The Bertz CT molecular complexity index is 1400. The average Bonchev–Trinajstić information content (AvgIpc) is 4.06. The number of fused-ring (bicyclic) bond motifs is 20. The summed E-state index contributed by atoms with van der Waals surface area (Å²) >= 11 is 0. The van der Waals surface area contributed by atoms with Gasteiger partial charge >= 0.3 is 0 Å². The minimum Gasteiger partial charge on any atom is -0.327 e. The van der Waals surface area contributed by atoms with Crippen molar-refractivity contribution in [2.45, 2.75) is 282 Å².